The van der Waals surface area contributed by atoms with Crippen molar-refractivity contribution in [1.29, 1.82) is 0 Å². The Balaban J connectivity index is 2.28. The molecule has 1 fully saturated rings. The first kappa shape index (κ1) is 9.28. The highest BCUT2D eigenvalue weighted by molar-refractivity contribution is 6.22. The smallest absolute Gasteiger partial charge is 0.348 e. The zero-order valence-corrected chi connectivity index (χ0v) is 7.03. The number of rotatable bonds is 4. The van der Waals surface area contributed by atoms with E-state index >= 15 is 0 Å². The molecule has 0 unspecified atom stereocenters. The Morgan fingerprint density at radius 3 is 2.75 bits per heavy atom. The van der Waals surface area contributed by atoms with Gasteiger partial charge in [-0.15, -0.1) is 0 Å². The van der Waals surface area contributed by atoms with E-state index in [0.29, 0.717) is 19.1 Å². The van der Waals surface area contributed by atoms with Crippen LogP contribution in [0.25, 0.3) is 0 Å². The molecule has 0 aromatic carbocycles. The van der Waals surface area contributed by atoms with Crippen molar-refractivity contribution in [3.05, 3.63) is 0 Å². The van der Waals surface area contributed by atoms with Crippen LogP contribution >= 0.6 is 11.8 Å². The molecule has 6 heteroatoms. The van der Waals surface area contributed by atoms with Gasteiger partial charge in [-0.25, -0.2) is 9.32 Å². The molecule has 0 bridgehead atoms. The molecule has 0 spiro atoms. The zero-order valence-electron chi connectivity index (χ0n) is 6.27. The van der Waals surface area contributed by atoms with Crippen LogP contribution in [0.4, 0.5) is 0 Å². The SMILES string of the molecule is O=C(O)/C=N\N(Cl)CC1(O)CC1. The molecule has 0 aromatic heterocycles. The van der Waals surface area contributed by atoms with E-state index in [2.05, 4.69) is 5.10 Å². The van der Waals surface area contributed by atoms with Crippen LogP contribution in [-0.2, 0) is 4.79 Å². The van der Waals surface area contributed by atoms with Gasteiger partial charge in [0.05, 0.1) is 12.1 Å². The summed E-state index contributed by atoms with van der Waals surface area (Å²) in [4.78, 5) is 9.99. The van der Waals surface area contributed by atoms with Crippen LogP contribution in [0.3, 0.4) is 0 Å². The van der Waals surface area contributed by atoms with Crippen molar-refractivity contribution in [3.8, 4) is 0 Å². The molecular weight excluding hydrogens is 184 g/mol. The summed E-state index contributed by atoms with van der Waals surface area (Å²) in [6, 6.07) is 0. The number of hydrogen-bond donors (Lipinski definition) is 2. The highest BCUT2D eigenvalue weighted by Gasteiger charge is 2.41. The molecule has 0 amide bonds. The van der Waals surface area contributed by atoms with Gasteiger partial charge in [0.25, 0.3) is 0 Å². The molecule has 1 saturated carbocycles. The molecule has 0 radical (unpaired) electrons. The second-order valence-electron chi connectivity index (χ2n) is 2.80. The Morgan fingerprint density at radius 2 is 2.33 bits per heavy atom. The fraction of sp³-hybridized carbons (Fsp3) is 0.667. The van der Waals surface area contributed by atoms with E-state index in [0.717, 1.165) is 4.53 Å². The summed E-state index contributed by atoms with van der Waals surface area (Å²) in [5.74, 6) is -1.16. The van der Waals surface area contributed by atoms with E-state index in [1.54, 1.807) is 0 Å². The van der Waals surface area contributed by atoms with Crippen LogP contribution in [0.15, 0.2) is 5.10 Å². The highest BCUT2D eigenvalue weighted by atomic mass is 35.5. The number of nitrogens with zero attached hydrogens (tertiary/aromatic N) is 2. The van der Waals surface area contributed by atoms with Gasteiger partial charge in [-0.3, -0.25) is 0 Å². The third kappa shape index (κ3) is 3.06. The monoisotopic (exact) mass is 192 g/mol. The van der Waals surface area contributed by atoms with Crippen molar-refractivity contribution < 1.29 is 15.0 Å². The van der Waals surface area contributed by atoms with Crippen molar-refractivity contribution in [2.45, 2.75) is 18.4 Å². The van der Waals surface area contributed by atoms with Crippen LogP contribution < -0.4 is 0 Å². The summed E-state index contributed by atoms with van der Waals surface area (Å²) in [6.07, 6.45) is 2.07. The fourth-order valence-electron chi connectivity index (χ4n) is 0.698. The van der Waals surface area contributed by atoms with E-state index in [1.165, 1.54) is 0 Å². The number of carboxylic acid groups (broad SMARTS) is 1. The van der Waals surface area contributed by atoms with E-state index < -0.39 is 11.6 Å². The zero-order chi connectivity index (χ0) is 9.19. The summed E-state index contributed by atoms with van der Waals surface area (Å²) in [5, 5.41) is 20.9. The van der Waals surface area contributed by atoms with Gasteiger partial charge in [0, 0.05) is 11.8 Å². The third-order valence-electron chi connectivity index (χ3n) is 1.55. The van der Waals surface area contributed by atoms with Gasteiger partial charge in [0.1, 0.15) is 6.21 Å². The molecule has 2 N–H and O–H groups in total. The van der Waals surface area contributed by atoms with E-state index in [4.69, 9.17) is 16.9 Å². The Bertz CT molecular complexity index is 215. The van der Waals surface area contributed by atoms with Crippen LogP contribution in [0.5, 0.6) is 0 Å². The van der Waals surface area contributed by atoms with Crippen LogP contribution in [-0.4, -0.2) is 39.1 Å². The second-order valence-corrected chi connectivity index (χ2v) is 3.19. The molecule has 0 atom stereocenters. The molecule has 0 heterocycles. The summed E-state index contributed by atoms with van der Waals surface area (Å²) >= 11 is 5.46. The molecule has 0 saturated heterocycles. The molecule has 5 nitrogen and oxygen atoms in total. The van der Waals surface area contributed by atoms with Gasteiger partial charge < -0.3 is 10.2 Å². The molecule has 1 rings (SSSR count). The van der Waals surface area contributed by atoms with E-state index in [-0.39, 0.29) is 6.54 Å². The average Bonchev–Trinajstić information content (AvgIpc) is 2.64. The normalized spacial score (nSPS) is 19.5. The molecule has 1 aliphatic carbocycles. The van der Waals surface area contributed by atoms with E-state index in [9.17, 15) is 9.90 Å². The number of hydrogen-bond acceptors (Lipinski definition) is 4. The predicted octanol–water partition coefficient (Wildman–Crippen LogP) is 0.0375. The van der Waals surface area contributed by atoms with Gasteiger partial charge in [-0.05, 0) is 12.8 Å². The van der Waals surface area contributed by atoms with Gasteiger partial charge in [-0.1, -0.05) is 0 Å². The summed E-state index contributed by atoms with van der Waals surface area (Å²) in [6.45, 7) is 0.165. The molecule has 68 valence electrons. The molecule has 12 heavy (non-hydrogen) atoms. The quantitative estimate of drug-likeness (QED) is 0.375. The minimum Gasteiger partial charge on any atom is -0.477 e. The van der Waals surface area contributed by atoms with Gasteiger partial charge >= 0.3 is 5.97 Å². The Kier molecular flexibility index (Phi) is 2.54. The first-order valence-corrected chi connectivity index (χ1v) is 3.78. The maximum atomic E-state index is 9.99. The van der Waals surface area contributed by atoms with Crippen molar-refractivity contribution in [1.82, 2.24) is 4.53 Å². The maximum absolute atomic E-state index is 9.99. The topological polar surface area (TPSA) is 73.1 Å². The lowest BCUT2D eigenvalue weighted by Crippen LogP contribution is -2.23. The number of aliphatic carboxylic acids is 1. The predicted molar refractivity (Wildman–Crippen MR) is 42.9 cm³/mol. The first-order chi connectivity index (χ1) is 5.52. The van der Waals surface area contributed by atoms with Crippen molar-refractivity contribution >= 4 is 24.0 Å². The molecule has 1 aliphatic rings. The fourth-order valence-corrected chi connectivity index (χ4v) is 0.964. The molecule has 0 aromatic rings. The van der Waals surface area contributed by atoms with Crippen LogP contribution in [0.2, 0.25) is 0 Å². The van der Waals surface area contributed by atoms with E-state index in [1.807, 2.05) is 0 Å². The van der Waals surface area contributed by atoms with Crippen molar-refractivity contribution in [2.75, 3.05) is 6.54 Å². The van der Waals surface area contributed by atoms with Crippen molar-refractivity contribution in [2.24, 2.45) is 5.10 Å². The number of aliphatic hydroxyl groups is 1. The number of hydrazone groups is 1. The minimum absolute atomic E-state index is 0.165. The highest BCUT2D eigenvalue weighted by Crippen LogP contribution is 2.36. The Morgan fingerprint density at radius 1 is 1.75 bits per heavy atom. The largest absolute Gasteiger partial charge is 0.477 e. The summed E-state index contributed by atoms with van der Waals surface area (Å²) in [7, 11) is 0. The average molecular weight is 193 g/mol. The Hall–Kier alpha value is -0.810. The molecule has 0 aliphatic heterocycles. The minimum atomic E-state index is -1.16. The molecular formula is C6H9ClN2O3. The van der Waals surface area contributed by atoms with Gasteiger partial charge in [0.15, 0.2) is 0 Å². The number of halogens is 1. The summed E-state index contributed by atoms with van der Waals surface area (Å²) in [5.41, 5.74) is -0.752. The van der Waals surface area contributed by atoms with Crippen LogP contribution in [0.1, 0.15) is 12.8 Å². The second kappa shape index (κ2) is 3.28. The lowest BCUT2D eigenvalue weighted by atomic mass is 10.3. The number of carbonyl (C=O) groups is 1. The lowest BCUT2D eigenvalue weighted by molar-refractivity contribution is -0.128. The van der Waals surface area contributed by atoms with Gasteiger partial charge in [0.2, 0.25) is 0 Å². The Labute approximate surface area is 74.3 Å². The maximum Gasteiger partial charge on any atom is 0.348 e. The standard InChI is InChI=1S/C6H9ClN2O3/c7-9(8-3-5(10)11)4-6(12)1-2-6/h3,12H,1-2,4H2,(H,10,11)/b8-3-. The summed E-state index contributed by atoms with van der Waals surface area (Å²) < 4.78 is 0.904. The third-order valence-corrected chi connectivity index (χ3v) is 1.75. The number of carboxylic acids is 1. The van der Waals surface area contributed by atoms with Gasteiger partial charge in [-0.2, -0.15) is 5.10 Å². The lowest BCUT2D eigenvalue weighted by Gasteiger charge is -2.12. The van der Waals surface area contributed by atoms with Crippen LogP contribution in [0, 0.1) is 0 Å². The van der Waals surface area contributed by atoms with Crippen molar-refractivity contribution in [3.63, 3.8) is 0 Å². The first-order valence-electron chi connectivity index (χ1n) is 3.44.